The van der Waals surface area contributed by atoms with Crippen molar-refractivity contribution >= 4 is 23.6 Å². The Labute approximate surface area is 117 Å². The fourth-order valence-corrected chi connectivity index (χ4v) is 2.50. The first-order valence-corrected chi connectivity index (χ1v) is 7.51. The molecule has 0 bridgehead atoms. The van der Waals surface area contributed by atoms with Crippen LogP contribution >= 0.6 is 11.8 Å². The van der Waals surface area contributed by atoms with Gasteiger partial charge in [0.05, 0.1) is 6.04 Å². The molecule has 5 heteroatoms. The monoisotopic (exact) mass is 278 g/mol. The van der Waals surface area contributed by atoms with E-state index in [0.717, 1.165) is 5.56 Å². The molecular formula is C14H18N2O2S. The van der Waals surface area contributed by atoms with Gasteiger partial charge in [-0.05, 0) is 30.4 Å². The Hall–Kier alpha value is -1.33. The molecule has 0 radical (unpaired) electrons. The summed E-state index contributed by atoms with van der Waals surface area (Å²) < 4.78 is 0. The van der Waals surface area contributed by atoms with Crippen molar-refractivity contribution in [2.24, 2.45) is 0 Å². The predicted octanol–water partition coefficient (Wildman–Crippen LogP) is 1.65. The van der Waals surface area contributed by atoms with E-state index < -0.39 is 0 Å². The Morgan fingerprint density at radius 3 is 2.63 bits per heavy atom. The number of amides is 2. The lowest BCUT2D eigenvalue weighted by Gasteiger charge is -2.28. The van der Waals surface area contributed by atoms with Gasteiger partial charge in [0.1, 0.15) is 0 Å². The Balaban J connectivity index is 1.91. The van der Waals surface area contributed by atoms with E-state index in [9.17, 15) is 9.59 Å². The smallest absolute Gasteiger partial charge is 0.246 e. The first-order chi connectivity index (χ1) is 9.11. The highest BCUT2D eigenvalue weighted by atomic mass is 32.2. The number of carbonyl (C=O) groups excluding carboxylic acids is 2. The molecule has 0 aromatic heterocycles. The van der Waals surface area contributed by atoms with E-state index >= 15 is 0 Å². The summed E-state index contributed by atoms with van der Waals surface area (Å²) in [6.45, 7) is 0.646. The fraction of sp³-hybridized carbons (Fsp3) is 0.429. The van der Waals surface area contributed by atoms with Crippen LogP contribution in [0.5, 0.6) is 0 Å². The second-order valence-corrected chi connectivity index (χ2v) is 5.49. The van der Waals surface area contributed by atoms with Crippen molar-refractivity contribution in [2.75, 3.05) is 13.3 Å². The number of likely N-dealkylation sites (tertiary alicyclic amines) is 1. The van der Waals surface area contributed by atoms with Crippen LogP contribution in [0.25, 0.3) is 0 Å². The standard InChI is InChI=1S/C14H18N2O2S/c1-16-13(17)8-7-12(14(16)18)15-9-10-3-5-11(19-2)6-4-10/h3-6,12,15H,7-9H2,1-2H3. The molecule has 1 aromatic rings. The molecule has 1 aliphatic rings. The second kappa shape index (κ2) is 6.21. The average molecular weight is 278 g/mol. The minimum absolute atomic E-state index is 0.0904. The molecule has 2 rings (SSSR count). The third-order valence-electron chi connectivity index (χ3n) is 3.36. The van der Waals surface area contributed by atoms with Crippen LogP contribution in [0.4, 0.5) is 0 Å². The summed E-state index contributed by atoms with van der Waals surface area (Å²) >= 11 is 1.71. The first kappa shape index (κ1) is 14.1. The number of benzene rings is 1. The number of hydrogen-bond donors (Lipinski definition) is 1. The van der Waals surface area contributed by atoms with Crippen molar-refractivity contribution in [1.82, 2.24) is 10.2 Å². The largest absolute Gasteiger partial charge is 0.302 e. The van der Waals surface area contributed by atoms with Gasteiger partial charge in [-0.3, -0.25) is 14.5 Å². The topological polar surface area (TPSA) is 49.4 Å². The van der Waals surface area contributed by atoms with E-state index in [-0.39, 0.29) is 17.9 Å². The van der Waals surface area contributed by atoms with E-state index in [0.29, 0.717) is 19.4 Å². The van der Waals surface area contributed by atoms with Crippen molar-refractivity contribution in [3.05, 3.63) is 29.8 Å². The molecule has 1 N–H and O–H groups in total. The maximum Gasteiger partial charge on any atom is 0.246 e. The van der Waals surface area contributed by atoms with Gasteiger partial charge in [-0.2, -0.15) is 0 Å². The molecule has 19 heavy (non-hydrogen) atoms. The summed E-state index contributed by atoms with van der Waals surface area (Å²) in [6.07, 6.45) is 3.07. The van der Waals surface area contributed by atoms with E-state index in [1.807, 2.05) is 6.26 Å². The highest BCUT2D eigenvalue weighted by molar-refractivity contribution is 7.98. The van der Waals surface area contributed by atoms with Crippen LogP contribution in [0.3, 0.4) is 0 Å². The Morgan fingerprint density at radius 1 is 1.32 bits per heavy atom. The molecule has 1 unspecified atom stereocenters. The van der Waals surface area contributed by atoms with Crippen LogP contribution in [-0.2, 0) is 16.1 Å². The zero-order valence-corrected chi connectivity index (χ0v) is 12.0. The minimum Gasteiger partial charge on any atom is -0.302 e. The van der Waals surface area contributed by atoms with Crippen molar-refractivity contribution in [3.8, 4) is 0 Å². The molecule has 4 nitrogen and oxygen atoms in total. The van der Waals surface area contributed by atoms with Crippen LogP contribution in [0.1, 0.15) is 18.4 Å². The third kappa shape index (κ3) is 3.36. The van der Waals surface area contributed by atoms with Gasteiger partial charge < -0.3 is 5.32 Å². The van der Waals surface area contributed by atoms with Gasteiger partial charge in [-0.1, -0.05) is 12.1 Å². The van der Waals surface area contributed by atoms with Gasteiger partial charge in [0.2, 0.25) is 11.8 Å². The fourth-order valence-electron chi connectivity index (χ4n) is 2.09. The van der Waals surface area contributed by atoms with Crippen LogP contribution < -0.4 is 5.32 Å². The normalized spacial score (nSPS) is 19.9. The zero-order chi connectivity index (χ0) is 13.8. The van der Waals surface area contributed by atoms with Gasteiger partial charge in [-0.25, -0.2) is 0 Å². The van der Waals surface area contributed by atoms with E-state index in [1.54, 1.807) is 18.8 Å². The van der Waals surface area contributed by atoms with Crippen molar-refractivity contribution in [3.63, 3.8) is 0 Å². The Bertz CT molecular complexity index is 473. The van der Waals surface area contributed by atoms with Gasteiger partial charge in [0.15, 0.2) is 0 Å². The molecule has 1 aromatic carbocycles. The van der Waals surface area contributed by atoms with Crippen LogP contribution in [0, 0.1) is 0 Å². The second-order valence-electron chi connectivity index (χ2n) is 4.61. The van der Waals surface area contributed by atoms with Crippen molar-refractivity contribution < 1.29 is 9.59 Å². The maximum absolute atomic E-state index is 11.9. The van der Waals surface area contributed by atoms with Crippen LogP contribution in [0.2, 0.25) is 0 Å². The first-order valence-electron chi connectivity index (χ1n) is 6.28. The summed E-state index contributed by atoms with van der Waals surface area (Å²) in [6, 6.07) is 8.00. The molecule has 0 aliphatic carbocycles. The SMILES string of the molecule is CSc1ccc(CNC2CCC(=O)N(C)C2=O)cc1. The molecule has 1 aliphatic heterocycles. The number of nitrogens with one attached hydrogen (secondary N) is 1. The van der Waals surface area contributed by atoms with E-state index in [1.165, 1.54) is 9.80 Å². The molecule has 2 amide bonds. The summed E-state index contributed by atoms with van der Waals surface area (Å²) in [5.74, 6) is -0.218. The molecule has 1 saturated heterocycles. The lowest BCUT2D eigenvalue weighted by Crippen LogP contribution is -2.51. The number of hydrogen-bond acceptors (Lipinski definition) is 4. The predicted molar refractivity (Wildman–Crippen MR) is 75.9 cm³/mol. The average Bonchev–Trinajstić information content (AvgIpc) is 2.45. The number of imide groups is 1. The number of rotatable bonds is 4. The maximum atomic E-state index is 11.9. The summed E-state index contributed by atoms with van der Waals surface area (Å²) in [4.78, 5) is 25.7. The third-order valence-corrected chi connectivity index (χ3v) is 4.10. The van der Waals surface area contributed by atoms with Gasteiger partial charge in [0, 0.05) is 24.9 Å². The van der Waals surface area contributed by atoms with Crippen LogP contribution in [0.15, 0.2) is 29.2 Å². The molecule has 1 atom stereocenters. The molecule has 1 fully saturated rings. The quantitative estimate of drug-likeness (QED) is 0.672. The molecule has 102 valence electrons. The van der Waals surface area contributed by atoms with Gasteiger partial charge in [0.25, 0.3) is 0 Å². The van der Waals surface area contributed by atoms with Gasteiger partial charge >= 0.3 is 0 Å². The number of nitrogens with zero attached hydrogens (tertiary/aromatic N) is 1. The lowest BCUT2D eigenvalue weighted by atomic mass is 10.0. The molecular weight excluding hydrogens is 260 g/mol. The summed E-state index contributed by atoms with van der Waals surface area (Å²) in [7, 11) is 1.55. The molecule has 0 saturated carbocycles. The minimum atomic E-state index is -0.247. The van der Waals surface area contributed by atoms with E-state index in [2.05, 4.69) is 29.6 Å². The number of carbonyl (C=O) groups is 2. The van der Waals surface area contributed by atoms with Gasteiger partial charge in [-0.15, -0.1) is 11.8 Å². The number of piperidine rings is 1. The molecule has 0 spiro atoms. The summed E-state index contributed by atoms with van der Waals surface area (Å²) in [5.41, 5.74) is 1.14. The van der Waals surface area contributed by atoms with Crippen molar-refractivity contribution in [2.45, 2.75) is 30.3 Å². The lowest BCUT2D eigenvalue weighted by molar-refractivity contribution is -0.148. The highest BCUT2D eigenvalue weighted by Gasteiger charge is 2.31. The Morgan fingerprint density at radius 2 is 2.00 bits per heavy atom. The Kier molecular flexibility index (Phi) is 4.61. The highest BCUT2D eigenvalue weighted by Crippen LogP contribution is 2.16. The number of likely N-dealkylation sites (N-methyl/N-ethyl adjacent to an activating group) is 1. The number of thioether (sulfide) groups is 1. The van der Waals surface area contributed by atoms with Crippen LogP contribution in [-0.4, -0.2) is 36.1 Å². The zero-order valence-electron chi connectivity index (χ0n) is 11.2. The molecule has 1 heterocycles. The van der Waals surface area contributed by atoms with E-state index in [4.69, 9.17) is 0 Å². The summed E-state index contributed by atoms with van der Waals surface area (Å²) in [5, 5.41) is 3.23. The van der Waals surface area contributed by atoms with Crippen molar-refractivity contribution in [1.29, 1.82) is 0 Å².